The van der Waals surface area contributed by atoms with E-state index in [1.54, 1.807) is 7.11 Å². The summed E-state index contributed by atoms with van der Waals surface area (Å²) >= 11 is 6.17. The minimum atomic E-state index is 0. The van der Waals surface area contributed by atoms with Gasteiger partial charge in [0, 0.05) is 12.6 Å². The first-order valence-corrected chi connectivity index (χ1v) is 6.87. The number of aliphatic hydroxyl groups excluding tert-OH is 1. The van der Waals surface area contributed by atoms with E-state index in [1.807, 2.05) is 26.0 Å². The standard InChI is InChI=1S/C14H22ClNO3.ClH/c1-4-11(9-17)16-8-10-6-12(15)14(18-3)13(7-10)19-5-2;/h6-7,11,16-17H,4-5,8-9H2,1-3H3;1H. The summed E-state index contributed by atoms with van der Waals surface area (Å²) in [5.41, 5.74) is 1.00. The molecule has 20 heavy (non-hydrogen) atoms. The van der Waals surface area contributed by atoms with Gasteiger partial charge in [0.1, 0.15) is 0 Å². The van der Waals surface area contributed by atoms with Gasteiger partial charge in [-0.3, -0.25) is 0 Å². The fraction of sp³-hybridized carbons (Fsp3) is 0.571. The quantitative estimate of drug-likeness (QED) is 0.772. The zero-order valence-corrected chi connectivity index (χ0v) is 13.7. The summed E-state index contributed by atoms with van der Waals surface area (Å²) < 4.78 is 10.8. The number of halogens is 2. The van der Waals surface area contributed by atoms with E-state index in [1.165, 1.54) is 0 Å². The first kappa shape index (κ1) is 19.3. The van der Waals surface area contributed by atoms with Crippen LogP contribution in [0.25, 0.3) is 0 Å². The Morgan fingerprint density at radius 1 is 1.35 bits per heavy atom. The molecule has 1 aromatic carbocycles. The maximum atomic E-state index is 9.15. The molecule has 1 aromatic rings. The Balaban J connectivity index is 0.00000361. The van der Waals surface area contributed by atoms with Crippen molar-refractivity contribution in [3.05, 3.63) is 22.7 Å². The lowest BCUT2D eigenvalue weighted by molar-refractivity contribution is 0.238. The molecule has 1 atom stereocenters. The third kappa shape index (κ3) is 5.37. The molecule has 6 heteroatoms. The van der Waals surface area contributed by atoms with Crippen molar-refractivity contribution in [2.45, 2.75) is 32.9 Å². The Labute approximate surface area is 131 Å². The van der Waals surface area contributed by atoms with E-state index in [2.05, 4.69) is 5.32 Å². The van der Waals surface area contributed by atoms with Crippen molar-refractivity contribution in [2.75, 3.05) is 20.3 Å². The number of hydrogen-bond acceptors (Lipinski definition) is 4. The highest BCUT2D eigenvalue weighted by Gasteiger charge is 2.12. The summed E-state index contributed by atoms with van der Waals surface area (Å²) in [7, 11) is 1.57. The van der Waals surface area contributed by atoms with Crippen LogP contribution in [-0.2, 0) is 6.54 Å². The molecule has 0 aliphatic heterocycles. The number of nitrogens with one attached hydrogen (secondary N) is 1. The Morgan fingerprint density at radius 2 is 2.05 bits per heavy atom. The predicted molar refractivity (Wildman–Crippen MR) is 84.4 cm³/mol. The molecule has 1 rings (SSSR count). The molecule has 1 unspecified atom stereocenters. The third-order valence-corrected chi connectivity index (χ3v) is 3.16. The van der Waals surface area contributed by atoms with E-state index in [9.17, 15) is 0 Å². The maximum absolute atomic E-state index is 9.15. The number of hydrogen-bond donors (Lipinski definition) is 2. The average Bonchev–Trinajstić information content (AvgIpc) is 2.40. The summed E-state index contributed by atoms with van der Waals surface area (Å²) in [6, 6.07) is 3.85. The highest BCUT2D eigenvalue weighted by atomic mass is 35.5. The van der Waals surface area contributed by atoms with Crippen molar-refractivity contribution in [3.8, 4) is 11.5 Å². The molecule has 0 saturated heterocycles. The molecule has 0 fully saturated rings. The van der Waals surface area contributed by atoms with Crippen molar-refractivity contribution in [2.24, 2.45) is 0 Å². The van der Waals surface area contributed by atoms with Crippen molar-refractivity contribution >= 4 is 24.0 Å². The lowest BCUT2D eigenvalue weighted by Gasteiger charge is -2.16. The van der Waals surface area contributed by atoms with E-state index in [4.69, 9.17) is 26.2 Å². The Kier molecular flexibility index (Phi) is 9.76. The van der Waals surface area contributed by atoms with Crippen molar-refractivity contribution in [3.63, 3.8) is 0 Å². The second-order valence-corrected chi connectivity index (χ2v) is 4.62. The van der Waals surface area contributed by atoms with Gasteiger partial charge in [-0.05, 0) is 31.0 Å². The number of aliphatic hydroxyl groups is 1. The number of rotatable bonds is 8. The van der Waals surface area contributed by atoms with Crippen LogP contribution in [0.1, 0.15) is 25.8 Å². The zero-order valence-electron chi connectivity index (χ0n) is 12.1. The first-order valence-electron chi connectivity index (χ1n) is 6.49. The minimum absolute atomic E-state index is 0. The summed E-state index contributed by atoms with van der Waals surface area (Å²) in [4.78, 5) is 0. The van der Waals surface area contributed by atoms with Gasteiger partial charge < -0.3 is 19.9 Å². The van der Waals surface area contributed by atoms with Crippen LogP contribution in [0.4, 0.5) is 0 Å². The van der Waals surface area contributed by atoms with E-state index in [-0.39, 0.29) is 25.1 Å². The van der Waals surface area contributed by atoms with Gasteiger partial charge in [0.25, 0.3) is 0 Å². The molecule has 4 nitrogen and oxygen atoms in total. The highest BCUT2D eigenvalue weighted by Crippen LogP contribution is 2.36. The number of benzene rings is 1. The lowest BCUT2D eigenvalue weighted by Crippen LogP contribution is -2.31. The molecular formula is C14H23Cl2NO3. The number of ether oxygens (including phenoxy) is 2. The van der Waals surface area contributed by atoms with Crippen molar-refractivity contribution in [1.82, 2.24) is 5.32 Å². The molecule has 0 radical (unpaired) electrons. The monoisotopic (exact) mass is 323 g/mol. The molecular weight excluding hydrogens is 301 g/mol. The molecule has 0 heterocycles. The summed E-state index contributed by atoms with van der Waals surface area (Å²) in [5.74, 6) is 1.20. The van der Waals surface area contributed by atoms with Crippen LogP contribution in [-0.4, -0.2) is 31.5 Å². The van der Waals surface area contributed by atoms with Crippen LogP contribution in [0.5, 0.6) is 11.5 Å². The van der Waals surface area contributed by atoms with Gasteiger partial charge in [0.2, 0.25) is 0 Å². The van der Waals surface area contributed by atoms with E-state index in [0.29, 0.717) is 29.7 Å². The Morgan fingerprint density at radius 3 is 2.55 bits per heavy atom. The van der Waals surface area contributed by atoms with E-state index >= 15 is 0 Å². The summed E-state index contributed by atoms with van der Waals surface area (Å²) in [5, 5.41) is 12.9. The normalized spacial score (nSPS) is 11.7. The van der Waals surface area contributed by atoms with Crippen LogP contribution >= 0.6 is 24.0 Å². The molecule has 0 aliphatic rings. The van der Waals surface area contributed by atoms with Crippen LogP contribution < -0.4 is 14.8 Å². The van der Waals surface area contributed by atoms with Gasteiger partial charge in [-0.1, -0.05) is 18.5 Å². The largest absolute Gasteiger partial charge is 0.491 e. The SMILES string of the molecule is CCOc1cc(CNC(CC)CO)cc(Cl)c1OC.Cl. The Bertz CT molecular complexity index is 398. The van der Waals surface area contributed by atoms with E-state index < -0.39 is 0 Å². The minimum Gasteiger partial charge on any atom is -0.491 e. The molecule has 0 bridgehead atoms. The molecule has 0 saturated carbocycles. The van der Waals surface area contributed by atoms with E-state index in [0.717, 1.165) is 12.0 Å². The molecule has 116 valence electrons. The van der Waals surface area contributed by atoms with Gasteiger partial charge in [0.05, 0.1) is 25.3 Å². The van der Waals surface area contributed by atoms with Crippen LogP contribution in [0.15, 0.2) is 12.1 Å². The molecule has 0 aromatic heterocycles. The van der Waals surface area contributed by atoms with Gasteiger partial charge in [-0.15, -0.1) is 12.4 Å². The average molecular weight is 324 g/mol. The molecule has 2 N–H and O–H groups in total. The summed E-state index contributed by atoms with van der Waals surface area (Å²) in [6.07, 6.45) is 0.874. The van der Waals surface area contributed by atoms with Crippen molar-refractivity contribution in [1.29, 1.82) is 0 Å². The fourth-order valence-electron chi connectivity index (χ4n) is 1.78. The van der Waals surface area contributed by atoms with Crippen LogP contribution in [0, 0.1) is 0 Å². The van der Waals surface area contributed by atoms with Gasteiger partial charge in [0.15, 0.2) is 11.5 Å². The molecule has 0 aliphatic carbocycles. The Hall–Kier alpha value is -0.680. The van der Waals surface area contributed by atoms with Crippen LogP contribution in [0.3, 0.4) is 0 Å². The van der Waals surface area contributed by atoms with Crippen molar-refractivity contribution < 1.29 is 14.6 Å². The second kappa shape index (κ2) is 10.1. The second-order valence-electron chi connectivity index (χ2n) is 4.21. The van der Waals surface area contributed by atoms with Gasteiger partial charge >= 0.3 is 0 Å². The van der Waals surface area contributed by atoms with Gasteiger partial charge in [-0.25, -0.2) is 0 Å². The van der Waals surface area contributed by atoms with Gasteiger partial charge in [-0.2, -0.15) is 0 Å². The fourth-order valence-corrected chi connectivity index (χ4v) is 2.10. The molecule has 0 amide bonds. The smallest absolute Gasteiger partial charge is 0.179 e. The highest BCUT2D eigenvalue weighted by molar-refractivity contribution is 6.32. The maximum Gasteiger partial charge on any atom is 0.179 e. The summed E-state index contributed by atoms with van der Waals surface area (Å²) in [6.45, 7) is 5.25. The third-order valence-electron chi connectivity index (χ3n) is 2.88. The molecule has 0 spiro atoms. The zero-order chi connectivity index (χ0) is 14.3. The number of methoxy groups -OCH3 is 1. The van der Waals surface area contributed by atoms with Crippen LogP contribution in [0.2, 0.25) is 5.02 Å². The topological polar surface area (TPSA) is 50.7 Å². The lowest BCUT2D eigenvalue weighted by atomic mass is 10.1. The predicted octanol–water partition coefficient (Wildman–Crippen LogP) is 3.03. The first-order chi connectivity index (χ1) is 9.15.